The van der Waals surface area contributed by atoms with Crippen molar-refractivity contribution in [2.45, 2.75) is 66.5 Å². The van der Waals surface area contributed by atoms with Gasteiger partial charge in [0.05, 0.1) is 0 Å². The summed E-state index contributed by atoms with van der Waals surface area (Å²) in [6.45, 7) is 18.2. The van der Waals surface area contributed by atoms with Crippen molar-refractivity contribution in [2.75, 3.05) is 19.6 Å². The van der Waals surface area contributed by atoms with Crippen LogP contribution in [0.5, 0.6) is 0 Å². The third-order valence-electron chi connectivity index (χ3n) is 2.57. The summed E-state index contributed by atoms with van der Waals surface area (Å²) in [6, 6.07) is 0.330. The van der Waals surface area contributed by atoms with Gasteiger partial charge in [0.1, 0.15) is 0 Å². The van der Waals surface area contributed by atoms with Crippen LogP contribution in [0.1, 0.15) is 54.9 Å². The maximum Gasteiger partial charge on any atom is 0 e. The van der Waals surface area contributed by atoms with Crippen LogP contribution < -0.4 is 0 Å². The van der Waals surface area contributed by atoms with Crippen LogP contribution >= 0.6 is 0 Å². The van der Waals surface area contributed by atoms with E-state index in [9.17, 15) is 0 Å². The molecule has 0 saturated heterocycles. The van der Waals surface area contributed by atoms with E-state index in [1.54, 1.807) is 0 Å². The number of hydrogen-bond acceptors (Lipinski definition) is 2. The van der Waals surface area contributed by atoms with Gasteiger partial charge in [-0.1, -0.05) is 54.3 Å². The van der Waals surface area contributed by atoms with Crippen molar-refractivity contribution in [3.63, 3.8) is 0 Å². The first kappa shape index (κ1) is 20.3. The monoisotopic (exact) mass is 299 g/mol. The summed E-state index contributed by atoms with van der Waals surface area (Å²) in [5.74, 6) is 0.997. The standard InChI is InChI=1S/C14H30N3.Co/c1-8-13(16-14(5,6)7)15-12(4)11-17(9-2)10-3;/h12H,8-11H2,1-7H3;/q-1;. The molecule has 1 radical (unpaired) electrons. The van der Waals surface area contributed by atoms with Crippen LogP contribution in [0, 0.1) is 0 Å². The van der Waals surface area contributed by atoms with Crippen molar-refractivity contribution in [2.24, 2.45) is 4.99 Å². The Morgan fingerprint density at radius 2 is 1.67 bits per heavy atom. The second kappa shape index (κ2) is 9.81. The molecule has 0 aromatic rings. The summed E-state index contributed by atoms with van der Waals surface area (Å²) < 4.78 is 0. The molecule has 0 fully saturated rings. The van der Waals surface area contributed by atoms with Gasteiger partial charge < -0.3 is 15.2 Å². The number of rotatable bonds is 6. The Bertz CT molecular complexity index is 230. The van der Waals surface area contributed by atoms with E-state index < -0.39 is 0 Å². The number of amidine groups is 1. The van der Waals surface area contributed by atoms with Crippen LogP contribution in [0.2, 0.25) is 0 Å². The minimum absolute atomic E-state index is 0. The molecular formula is C14H30CoN3-. The summed E-state index contributed by atoms with van der Waals surface area (Å²) in [6.07, 6.45) is 0.917. The van der Waals surface area contributed by atoms with Crippen molar-refractivity contribution in [1.29, 1.82) is 0 Å². The molecule has 0 rings (SSSR count). The Morgan fingerprint density at radius 1 is 1.17 bits per heavy atom. The summed E-state index contributed by atoms with van der Waals surface area (Å²) in [7, 11) is 0. The van der Waals surface area contributed by atoms with Crippen LogP contribution in [0.4, 0.5) is 0 Å². The minimum Gasteiger partial charge on any atom is -0.465 e. The van der Waals surface area contributed by atoms with E-state index in [1.165, 1.54) is 0 Å². The molecule has 4 heteroatoms. The second-order valence-corrected chi connectivity index (χ2v) is 5.52. The molecule has 0 aliphatic rings. The van der Waals surface area contributed by atoms with Gasteiger partial charge in [-0.3, -0.25) is 0 Å². The SMILES string of the molecule is CCC(=NC(C)(C)C)[N-]C(C)CN(CC)CC.[Co]. The molecule has 0 spiro atoms. The van der Waals surface area contributed by atoms with E-state index in [0.717, 1.165) is 31.9 Å². The van der Waals surface area contributed by atoms with E-state index in [1.807, 2.05) is 0 Å². The van der Waals surface area contributed by atoms with Gasteiger partial charge in [-0.05, 0) is 37.6 Å². The fourth-order valence-corrected chi connectivity index (χ4v) is 1.74. The molecule has 111 valence electrons. The minimum atomic E-state index is -0.0240. The Labute approximate surface area is 124 Å². The molecule has 1 atom stereocenters. The van der Waals surface area contributed by atoms with Crippen molar-refractivity contribution in [1.82, 2.24) is 4.90 Å². The van der Waals surface area contributed by atoms with Crippen molar-refractivity contribution < 1.29 is 16.8 Å². The molecule has 18 heavy (non-hydrogen) atoms. The predicted molar refractivity (Wildman–Crippen MR) is 78.1 cm³/mol. The summed E-state index contributed by atoms with van der Waals surface area (Å²) in [5.41, 5.74) is -0.0240. The molecule has 0 bridgehead atoms. The number of nitrogens with zero attached hydrogens (tertiary/aromatic N) is 3. The molecule has 0 N–H and O–H groups in total. The molecular weight excluding hydrogens is 269 g/mol. The van der Waals surface area contributed by atoms with Crippen molar-refractivity contribution in [3.8, 4) is 0 Å². The number of hydrogen-bond donors (Lipinski definition) is 0. The molecule has 0 aromatic carbocycles. The van der Waals surface area contributed by atoms with Gasteiger partial charge >= 0.3 is 0 Å². The Morgan fingerprint density at radius 3 is 2.00 bits per heavy atom. The smallest absolute Gasteiger partial charge is 0 e. The van der Waals surface area contributed by atoms with Crippen LogP contribution in [-0.4, -0.2) is 42.0 Å². The quantitative estimate of drug-likeness (QED) is 0.543. The first-order valence-corrected chi connectivity index (χ1v) is 6.84. The molecule has 0 aromatic heterocycles. The van der Waals surface area contributed by atoms with Gasteiger partial charge in [-0.25, -0.2) is 0 Å². The van der Waals surface area contributed by atoms with Crippen LogP contribution in [-0.2, 0) is 16.8 Å². The van der Waals surface area contributed by atoms with E-state index in [4.69, 9.17) is 5.32 Å². The van der Waals surface area contributed by atoms with E-state index in [-0.39, 0.29) is 22.3 Å². The van der Waals surface area contributed by atoms with Crippen LogP contribution in [0.25, 0.3) is 5.32 Å². The van der Waals surface area contributed by atoms with Crippen LogP contribution in [0.3, 0.4) is 0 Å². The van der Waals surface area contributed by atoms with Gasteiger partial charge in [-0.15, -0.1) is 0 Å². The fraction of sp³-hybridized carbons (Fsp3) is 0.929. The van der Waals surface area contributed by atoms with Crippen molar-refractivity contribution in [3.05, 3.63) is 5.32 Å². The van der Waals surface area contributed by atoms with E-state index in [0.29, 0.717) is 6.04 Å². The van der Waals surface area contributed by atoms with Gasteiger partial charge in [-0.2, -0.15) is 0 Å². The zero-order valence-corrected chi connectivity index (χ0v) is 14.1. The first-order valence-electron chi connectivity index (χ1n) is 6.84. The fourth-order valence-electron chi connectivity index (χ4n) is 1.74. The Hall–Kier alpha value is -0.0635. The zero-order valence-electron chi connectivity index (χ0n) is 13.1. The van der Waals surface area contributed by atoms with Gasteiger partial charge in [0.2, 0.25) is 0 Å². The average molecular weight is 299 g/mol. The number of likely N-dealkylation sites (N-methyl/N-ethyl adjacent to an activating group) is 1. The molecule has 0 saturated carbocycles. The topological polar surface area (TPSA) is 29.7 Å². The molecule has 0 amide bonds. The average Bonchev–Trinajstić information content (AvgIpc) is 2.23. The molecule has 0 aliphatic heterocycles. The summed E-state index contributed by atoms with van der Waals surface area (Å²) in [4.78, 5) is 7.06. The zero-order chi connectivity index (χ0) is 13.5. The maximum absolute atomic E-state index is 4.72. The van der Waals surface area contributed by atoms with Gasteiger partial charge in [0.15, 0.2) is 0 Å². The number of aliphatic imine (C=N–C) groups is 1. The third-order valence-corrected chi connectivity index (χ3v) is 2.57. The second-order valence-electron chi connectivity index (χ2n) is 5.52. The molecule has 0 heterocycles. The largest absolute Gasteiger partial charge is 0.465 e. The van der Waals surface area contributed by atoms with E-state index in [2.05, 4.69) is 58.4 Å². The molecule has 0 aliphatic carbocycles. The Balaban J connectivity index is 0. The maximum atomic E-state index is 4.72. The third kappa shape index (κ3) is 9.91. The summed E-state index contributed by atoms with van der Waals surface area (Å²) >= 11 is 0. The Kier molecular flexibility index (Phi) is 11.0. The molecule has 3 nitrogen and oxygen atoms in total. The normalized spacial score (nSPS) is 14.3. The first-order chi connectivity index (χ1) is 7.82. The predicted octanol–water partition coefficient (Wildman–Crippen LogP) is 3.69. The summed E-state index contributed by atoms with van der Waals surface area (Å²) in [5, 5.41) is 4.72. The van der Waals surface area contributed by atoms with E-state index >= 15 is 0 Å². The van der Waals surface area contributed by atoms with Gasteiger partial charge in [0, 0.05) is 16.8 Å². The van der Waals surface area contributed by atoms with Gasteiger partial charge in [0.25, 0.3) is 0 Å². The molecule has 1 unspecified atom stereocenters. The van der Waals surface area contributed by atoms with Crippen molar-refractivity contribution >= 4 is 5.84 Å². The van der Waals surface area contributed by atoms with Crippen LogP contribution in [0.15, 0.2) is 4.99 Å².